The Labute approximate surface area is 123 Å². The first-order valence-corrected chi connectivity index (χ1v) is 7.17. The molecule has 0 amide bonds. The van der Waals surface area contributed by atoms with Crippen LogP contribution in [-0.4, -0.2) is 26.4 Å². The van der Waals surface area contributed by atoms with Crippen LogP contribution < -0.4 is 5.56 Å². The average Bonchev–Trinajstić information content (AvgIpc) is 2.91. The molecule has 6 nitrogen and oxygen atoms in total. The zero-order valence-corrected chi connectivity index (χ0v) is 12.6. The van der Waals surface area contributed by atoms with Gasteiger partial charge in [-0.2, -0.15) is 0 Å². The van der Waals surface area contributed by atoms with Gasteiger partial charge in [0.25, 0.3) is 5.56 Å². The molecule has 112 valence electrons. The van der Waals surface area contributed by atoms with Crippen LogP contribution in [0, 0.1) is 0 Å². The van der Waals surface area contributed by atoms with Crippen molar-refractivity contribution in [3.8, 4) is 0 Å². The summed E-state index contributed by atoms with van der Waals surface area (Å²) in [5.74, 6) is 1.43. The van der Waals surface area contributed by atoms with Gasteiger partial charge in [0.1, 0.15) is 12.1 Å². The van der Waals surface area contributed by atoms with E-state index in [4.69, 9.17) is 4.42 Å². The fourth-order valence-corrected chi connectivity index (χ4v) is 2.49. The Kier molecular flexibility index (Phi) is 3.41. The summed E-state index contributed by atoms with van der Waals surface area (Å²) in [5, 5.41) is 0. The van der Waals surface area contributed by atoms with Gasteiger partial charge >= 0.3 is 0 Å². The van der Waals surface area contributed by atoms with Gasteiger partial charge in [-0.05, 0) is 0 Å². The smallest absolute Gasteiger partial charge is 0.255 e. The first-order valence-electron chi connectivity index (χ1n) is 7.17. The van der Waals surface area contributed by atoms with Gasteiger partial charge in [-0.15, -0.1) is 0 Å². The van der Waals surface area contributed by atoms with Crippen LogP contribution in [0.1, 0.15) is 43.7 Å². The van der Waals surface area contributed by atoms with Gasteiger partial charge in [0.2, 0.25) is 5.89 Å². The Morgan fingerprint density at radius 3 is 2.90 bits per heavy atom. The molecule has 2 aromatic heterocycles. The predicted molar refractivity (Wildman–Crippen MR) is 77.9 cm³/mol. The van der Waals surface area contributed by atoms with Crippen LogP contribution in [0.2, 0.25) is 0 Å². The molecular formula is C15H20N4O2. The van der Waals surface area contributed by atoms with Crippen molar-refractivity contribution in [3.05, 3.63) is 45.8 Å². The lowest BCUT2D eigenvalue weighted by molar-refractivity contribution is 0.217. The van der Waals surface area contributed by atoms with Gasteiger partial charge < -0.3 is 9.40 Å². The second kappa shape index (κ2) is 5.11. The van der Waals surface area contributed by atoms with Gasteiger partial charge in [0.05, 0.1) is 24.0 Å². The van der Waals surface area contributed by atoms with E-state index in [1.54, 1.807) is 12.5 Å². The Hall–Kier alpha value is -1.95. The minimum Gasteiger partial charge on any atom is -0.448 e. The fourth-order valence-electron chi connectivity index (χ4n) is 2.49. The first kappa shape index (κ1) is 14.0. The Morgan fingerprint density at radius 1 is 1.43 bits per heavy atom. The maximum atomic E-state index is 12.3. The van der Waals surface area contributed by atoms with E-state index in [9.17, 15) is 4.79 Å². The third kappa shape index (κ3) is 2.90. The third-order valence-electron chi connectivity index (χ3n) is 3.70. The summed E-state index contributed by atoms with van der Waals surface area (Å²) in [7, 11) is 0. The molecule has 0 radical (unpaired) electrons. The summed E-state index contributed by atoms with van der Waals surface area (Å²) < 4.78 is 5.26. The summed E-state index contributed by atoms with van der Waals surface area (Å²) in [6, 6.07) is 0. The number of hydrogen-bond donors (Lipinski definition) is 1. The standard InChI is InChI=1S/C15H20N4O2/c1-15(2,3)14-17-11-4-6-19(8-10(11)13(20)18-14)9-12-16-5-7-21-12/h5,7H,4,6,8-9H2,1-3H3,(H,17,18,20). The van der Waals surface area contributed by atoms with Crippen molar-refractivity contribution >= 4 is 0 Å². The zero-order chi connectivity index (χ0) is 15.0. The van der Waals surface area contributed by atoms with Gasteiger partial charge in [-0.1, -0.05) is 20.8 Å². The van der Waals surface area contributed by atoms with Crippen molar-refractivity contribution in [1.29, 1.82) is 0 Å². The van der Waals surface area contributed by atoms with E-state index in [0.717, 1.165) is 30.0 Å². The van der Waals surface area contributed by atoms with Crippen molar-refractivity contribution in [1.82, 2.24) is 19.9 Å². The number of hydrogen-bond acceptors (Lipinski definition) is 5. The quantitative estimate of drug-likeness (QED) is 0.908. The van der Waals surface area contributed by atoms with E-state index in [-0.39, 0.29) is 11.0 Å². The lowest BCUT2D eigenvalue weighted by Gasteiger charge is -2.27. The summed E-state index contributed by atoms with van der Waals surface area (Å²) >= 11 is 0. The van der Waals surface area contributed by atoms with Crippen LogP contribution in [0.3, 0.4) is 0 Å². The maximum Gasteiger partial charge on any atom is 0.255 e. The van der Waals surface area contributed by atoms with Crippen molar-refractivity contribution in [2.75, 3.05) is 6.54 Å². The molecule has 0 aliphatic carbocycles. The number of aromatic amines is 1. The Morgan fingerprint density at radius 2 is 2.24 bits per heavy atom. The van der Waals surface area contributed by atoms with E-state index in [2.05, 4.69) is 40.6 Å². The maximum absolute atomic E-state index is 12.3. The molecule has 6 heteroatoms. The second-order valence-electron chi connectivity index (χ2n) is 6.48. The monoisotopic (exact) mass is 288 g/mol. The number of rotatable bonds is 2. The first-order chi connectivity index (χ1) is 9.93. The van der Waals surface area contributed by atoms with Crippen LogP contribution >= 0.6 is 0 Å². The number of aromatic nitrogens is 3. The minimum absolute atomic E-state index is 0.0259. The SMILES string of the molecule is CC(C)(C)c1nc2c(c(=O)[nH]1)CN(Cc1ncco1)CC2. The van der Waals surface area contributed by atoms with E-state index < -0.39 is 0 Å². The summed E-state index contributed by atoms with van der Waals surface area (Å²) in [5.41, 5.74) is 1.51. The van der Waals surface area contributed by atoms with E-state index in [0.29, 0.717) is 19.0 Å². The van der Waals surface area contributed by atoms with Crippen LogP contribution in [0.25, 0.3) is 0 Å². The fraction of sp³-hybridized carbons (Fsp3) is 0.533. The Balaban J connectivity index is 1.85. The molecule has 0 fully saturated rings. The molecule has 2 aromatic rings. The molecule has 21 heavy (non-hydrogen) atoms. The van der Waals surface area contributed by atoms with E-state index in [1.165, 1.54) is 0 Å². The number of nitrogens with zero attached hydrogens (tertiary/aromatic N) is 3. The molecule has 1 N–H and O–H groups in total. The van der Waals surface area contributed by atoms with Crippen molar-refractivity contribution in [3.63, 3.8) is 0 Å². The van der Waals surface area contributed by atoms with Gasteiger partial charge in [-0.3, -0.25) is 9.69 Å². The molecule has 0 unspecified atom stereocenters. The molecule has 1 aliphatic heterocycles. The molecule has 0 saturated heterocycles. The van der Waals surface area contributed by atoms with Crippen LogP contribution in [-0.2, 0) is 24.9 Å². The third-order valence-corrected chi connectivity index (χ3v) is 3.70. The van der Waals surface area contributed by atoms with Gasteiger partial charge in [0.15, 0.2) is 0 Å². The highest BCUT2D eigenvalue weighted by molar-refractivity contribution is 5.22. The number of H-pyrrole nitrogens is 1. The highest BCUT2D eigenvalue weighted by Gasteiger charge is 2.25. The summed E-state index contributed by atoms with van der Waals surface area (Å²) in [4.78, 5) is 26.2. The molecular weight excluding hydrogens is 268 g/mol. The minimum atomic E-state index is -0.149. The normalized spacial score (nSPS) is 16.0. The number of oxazole rings is 1. The molecule has 0 spiro atoms. The topological polar surface area (TPSA) is 75.0 Å². The molecule has 3 heterocycles. The van der Waals surface area contributed by atoms with Crippen molar-refractivity contribution in [2.24, 2.45) is 0 Å². The largest absolute Gasteiger partial charge is 0.448 e. The van der Waals surface area contributed by atoms with Gasteiger partial charge in [0, 0.05) is 24.9 Å². The summed E-state index contributed by atoms with van der Waals surface area (Å²) in [6.45, 7) is 8.22. The van der Waals surface area contributed by atoms with E-state index in [1.807, 2.05) is 0 Å². The second-order valence-corrected chi connectivity index (χ2v) is 6.48. The molecule has 0 bridgehead atoms. The average molecular weight is 288 g/mol. The Bertz CT molecular complexity index is 683. The number of fused-ring (bicyclic) bond motifs is 1. The predicted octanol–water partition coefficient (Wildman–Crippen LogP) is 1.61. The van der Waals surface area contributed by atoms with Crippen LogP contribution in [0.5, 0.6) is 0 Å². The summed E-state index contributed by atoms with van der Waals surface area (Å²) in [6.07, 6.45) is 3.98. The van der Waals surface area contributed by atoms with Crippen LogP contribution in [0.4, 0.5) is 0 Å². The van der Waals surface area contributed by atoms with Crippen molar-refractivity contribution in [2.45, 2.75) is 45.7 Å². The zero-order valence-electron chi connectivity index (χ0n) is 12.6. The lowest BCUT2D eigenvalue weighted by Crippen LogP contribution is -2.37. The van der Waals surface area contributed by atoms with E-state index >= 15 is 0 Å². The van der Waals surface area contributed by atoms with Gasteiger partial charge in [-0.25, -0.2) is 9.97 Å². The molecule has 3 rings (SSSR count). The molecule has 0 atom stereocenters. The molecule has 0 saturated carbocycles. The molecule has 0 aromatic carbocycles. The molecule has 1 aliphatic rings. The highest BCUT2D eigenvalue weighted by Crippen LogP contribution is 2.21. The number of nitrogens with one attached hydrogen (secondary N) is 1. The lowest BCUT2D eigenvalue weighted by atomic mass is 9.95. The van der Waals surface area contributed by atoms with Crippen molar-refractivity contribution < 1.29 is 4.42 Å². The highest BCUT2D eigenvalue weighted by atomic mass is 16.3. The van der Waals surface area contributed by atoms with Crippen LogP contribution in [0.15, 0.2) is 21.7 Å².